The van der Waals surface area contributed by atoms with E-state index in [1.807, 2.05) is 19.1 Å². The average Bonchev–Trinajstić information content (AvgIpc) is 2.82. The molecule has 3 rings (SSSR count). The Kier molecular flexibility index (Phi) is 5.53. The summed E-state index contributed by atoms with van der Waals surface area (Å²) in [5.74, 6) is -0.261. The van der Waals surface area contributed by atoms with Crippen LogP contribution in [-0.4, -0.2) is 26.9 Å². The molecule has 1 N–H and O–H groups in total. The van der Waals surface area contributed by atoms with Crippen molar-refractivity contribution in [2.24, 2.45) is 0 Å². The van der Waals surface area contributed by atoms with Crippen LogP contribution < -0.4 is 9.62 Å². The predicted octanol–water partition coefficient (Wildman–Crippen LogP) is 3.51. The highest BCUT2D eigenvalue weighted by atomic mass is 35.5. The minimum absolute atomic E-state index is 0.113. The number of anilines is 1. The van der Waals surface area contributed by atoms with E-state index < -0.39 is 16.1 Å². The number of aryl methyl sites for hydroxylation is 1. The van der Waals surface area contributed by atoms with Crippen LogP contribution in [0, 0.1) is 6.92 Å². The molecule has 138 valence electrons. The van der Waals surface area contributed by atoms with E-state index in [1.165, 1.54) is 28.6 Å². The quantitative estimate of drug-likeness (QED) is 0.865. The third-order valence-electron chi connectivity index (χ3n) is 4.51. The van der Waals surface area contributed by atoms with Crippen molar-refractivity contribution in [2.75, 3.05) is 10.8 Å². The summed E-state index contributed by atoms with van der Waals surface area (Å²) >= 11 is 5.90. The van der Waals surface area contributed by atoms with Crippen LogP contribution in [-0.2, 0) is 14.8 Å². The van der Waals surface area contributed by atoms with Gasteiger partial charge in [-0.15, -0.1) is 0 Å². The minimum Gasteiger partial charge on any atom is -0.354 e. The normalized spacial score (nSPS) is 18.1. The van der Waals surface area contributed by atoms with Gasteiger partial charge in [0.1, 0.15) is 6.04 Å². The first kappa shape index (κ1) is 18.7. The Morgan fingerprint density at radius 1 is 1.08 bits per heavy atom. The summed E-state index contributed by atoms with van der Waals surface area (Å²) in [6.07, 6.45) is 2.10. The van der Waals surface area contributed by atoms with Crippen LogP contribution in [0.2, 0.25) is 5.02 Å². The molecule has 1 aliphatic rings. The number of hydrogen-bond donors (Lipinski definition) is 1. The van der Waals surface area contributed by atoms with Gasteiger partial charge in [-0.2, -0.15) is 0 Å². The Morgan fingerprint density at radius 3 is 2.46 bits per heavy atom. The number of nitrogens with zero attached hydrogens (tertiary/aromatic N) is 1. The molecule has 1 unspecified atom stereocenters. The van der Waals surface area contributed by atoms with Crippen LogP contribution in [0.5, 0.6) is 0 Å². The molecular weight excluding hydrogens is 372 g/mol. The molecule has 1 heterocycles. The molecule has 1 saturated heterocycles. The van der Waals surface area contributed by atoms with E-state index in [0.717, 1.165) is 18.4 Å². The Morgan fingerprint density at radius 2 is 1.77 bits per heavy atom. The molecule has 0 bridgehead atoms. The Balaban J connectivity index is 2.15. The first-order valence-electron chi connectivity index (χ1n) is 8.54. The molecule has 1 atom stereocenters. The van der Waals surface area contributed by atoms with Crippen molar-refractivity contribution in [3.8, 4) is 0 Å². The van der Waals surface area contributed by atoms with E-state index in [0.29, 0.717) is 23.7 Å². The fraction of sp³-hybridized carbons (Fsp3) is 0.316. The van der Waals surface area contributed by atoms with E-state index >= 15 is 0 Å². The Labute approximate surface area is 159 Å². The van der Waals surface area contributed by atoms with Crippen molar-refractivity contribution in [3.63, 3.8) is 0 Å². The van der Waals surface area contributed by atoms with Crippen molar-refractivity contribution < 1.29 is 13.2 Å². The number of carbonyl (C=O) groups is 1. The average molecular weight is 393 g/mol. The molecule has 1 amide bonds. The largest absolute Gasteiger partial charge is 0.354 e. The number of hydrogen-bond acceptors (Lipinski definition) is 3. The van der Waals surface area contributed by atoms with Crippen molar-refractivity contribution in [2.45, 2.75) is 37.1 Å². The molecule has 5 nitrogen and oxygen atoms in total. The number of amides is 1. The zero-order valence-electron chi connectivity index (χ0n) is 14.5. The molecule has 0 saturated carbocycles. The van der Waals surface area contributed by atoms with Gasteiger partial charge in [0, 0.05) is 11.6 Å². The van der Waals surface area contributed by atoms with E-state index in [4.69, 9.17) is 11.6 Å². The summed E-state index contributed by atoms with van der Waals surface area (Å²) in [5, 5.41) is 3.29. The lowest BCUT2D eigenvalue weighted by molar-refractivity contribution is -0.121. The van der Waals surface area contributed by atoms with Crippen LogP contribution in [0.4, 0.5) is 5.69 Å². The molecular formula is C19H21ClN2O3S. The number of carbonyl (C=O) groups excluding carboxylic acids is 1. The van der Waals surface area contributed by atoms with Gasteiger partial charge in [-0.25, -0.2) is 8.42 Å². The lowest BCUT2D eigenvalue weighted by Gasteiger charge is -2.32. The Bertz CT molecular complexity index is 897. The van der Waals surface area contributed by atoms with Crippen molar-refractivity contribution >= 4 is 33.2 Å². The van der Waals surface area contributed by atoms with E-state index in [-0.39, 0.29) is 10.8 Å². The van der Waals surface area contributed by atoms with Crippen molar-refractivity contribution in [1.82, 2.24) is 5.32 Å². The summed E-state index contributed by atoms with van der Waals surface area (Å²) in [7, 11) is -3.93. The van der Waals surface area contributed by atoms with Crippen molar-refractivity contribution in [3.05, 3.63) is 59.1 Å². The van der Waals surface area contributed by atoms with Gasteiger partial charge in [0.15, 0.2) is 0 Å². The molecule has 2 aromatic carbocycles. The first-order chi connectivity index (χ1) is 12.4. The van der Waals surface area contributed by atoms with Gasteiger partial charge in [-0.1, -0.05) is 29.8 Å². The van der Waals surface area contributed by atoms with E-state index in [9.17, 15) is 13.2 Å². The third-order valence-corrected chi connectivity index (χ3v) is 6.60. The van der Waals surface area contributed by atoms with E-state index in [1.54, 1.807) is 12.1 Å². The first-order valence-corrected chi connectivity index (χ1v) is 10.4. The highest BCUT2D eigenvalue weighted by Gasteiger charge is 2.37. The van der Waals surface area contributed by atoms with Gasteiger partial charge >= 0.3 is 0 Å². The number of rotatable bonds is 4. The van der Waals surface area contributed by atoms with Gasteiger partial charge in [-0.05, 0) is 62.1 Å². The highest BCUT2D eigenvalue weighted by molar-refractivity contribution is 7.93. The second-order valence-corrected chi connectivity index (χ2v) is 8.60. The lowest BCUT2D eigenvalue weighted by Crippen LogP contribution is -2.49. The van der Waals surface area contributed by atoms with E-state index in [2.05, 4.69) is 5.32 Å². The van der Waals surface area contributed by atoms with Crippen LogP contribution in [0.25, 0.3) is 0 Å². The molecule has 0 spiro atoms. The summed E-state index contributed by atoms with van der Waals surface area (Å²) in [4.78, 5) is 12.7. The summed E-state index contributed by atoms with van der Waals surface area (Å²) < 4.78 is 28.2. The topological polar surface area (TPSA) is 66.5 Å². The SMILES string of the molecule is Cc1ccccc1N(C1CCCCNC1=O)S(=O)(=O)c1ccc(Cl)cc1. The fourth-order valence-corrected chi connectivity index (χ4v) is 4.98. The summed E-state index contributed by atoms with van der Waals surface area (Å²) in [6, 6.07) is 12.4. The zero-order chi connectivity index (χ0) is 18.7. The molecule has 0 radical (unpaired) electrons. The highest BCUT2D eigenvalue weighted by Crippen LogP contribution is 2.31. The molecule has 0 aromatic heterocycles. The number of benzene rings is 2. The molecule has 1 aliphatic heterocycles. The molecule has 26 heavy (non-hydrogen) atoms. The number of halogens is 1. The van der Waals surface area contributed by atoms with Crippen molar-refractivity contribution in [1.29, 1.82) is 0 Å². The maximum absolute atomic E-state index is 13.5. The van der Waals surface area contributed by atoms with Crippen LogP contribution in [0.3, 0.4) is 0 Å². The Hall–Kier alpha value is -2.05. The standard InChI is InChI=1S/C19H21ClN2O3S/c1-14-6-2-3-7-17(14)22(18-8-4-5-13-21-19(18)23)26(24,25)16-11-9-15(20)10-12-16/h2-3,6-7,9-12,18H,4-5,8,13H2,1H3,(H,21,23). The number of para-hydroxylation sites is 1. The van der Waals surface area contributed by atoms with Gasteiger partial charge in [0.25, 0.3) is 10.0 Å². The molecule has 1 fully saturated rings. The van der Waals surface area contributed by atoms with Gasteiger partial charge in [0.05, 0.1) is 10.6 Å². The lowest BCUT2D eigenvalue weighted by atomic mass is 10.1. The van der Waals surface area contributed by atoms with Crippen LogP contribution in [0.1, 0.15) is 24.8 Å². The molecule has 0 aliphatic carbocycles. The maximum Gasteiger partial charge on any atom is 0.265 e. The maximum atomic E-state index is 13.5. The molecule has 7 heteroatoms. The zero-order valence-corrected chi connectivity index (χ0v) is 16.1. The number of nitrogens with one attached hydrogen (secondary N) is 1. The van der Waals surface area contributed by atoms with Gasteiger partial charge in [-0.3, -0.25) is 9.10 Å². The third kappa shape index (κ3) is 3.71. The van der Waals surface area contributed by atoms with Crippen LogP contribution in [0.15, 0.2) is 53.4 Å². The fourth-order valence-electron chi connectivity index (χ4n) is 3.14. The predicted molar refractivity (Wildman–Crippen MR) is 103 cm³/mol. The smallest absolute Gasteiger partial charge is 0.265 e. The summed E-state index contributed by atoms with van der Waals surface area (Å²) in [6.45, 7) is 2.41. The minimum atomic E-state index is -3.93. The summed E-state index contributed by atoms with van der Waals surface area (Å²) in [5.41, 5.74) is 1.31. The van der Waals surface area contributed by atoms with Crippen LogP contribution >= 0.6 is 11.6 Å². The molecule has 2 aromatic rings. The van der Waals surface area contributed by atoms with Gasteiger partial charge in [0.2, 0.25) is 5.91 Å². The van der Waals surface area contributed by atoms with Gasteiger partial charge < -0.3 is 5.32 Å². The number of sulfonamides is 1. The second-order valence-electron chi connectivity index (χ2n) is 6.34. The monoisotopic (exact) mass is 392 g/mol. The second kappa shape index (κ2) is 7.68.